The Balaban J connectivity index is 1.73. The van der Waals surface area contributed by atoms with Crippen LogP contribution in [-0.4, -0.2) is 303 Å². The molecule has 18 atom stereocenters. The third-order valence-corrected chi connectivity index (χ3v) is 21.4. The zero-order valence-electron chi connectivity index (χ0n) is 78.2. The van der Waals surface area contributed by atoms with E-state index in [1.165, 1.54) is 7.05 Å². The molecule has 0 fully saturated rings. The fourth-order valence-corrected chi connectivity index (χ4v) is 13.9. The van der Waals surface area contributed by atoms with Crippen LogP contribution in [0.2, 0.25) is 0 Å². The van der Waals surface area contributed by atoms with Crippen molar-refractivity contribution in [3.05, 3.63) is 144 Å². The first-order chi connectivity index (χ1) is 65.2. The highest BCUT2D eigenvalue weighted by Gasteiger charge is 2.42. The predicted molar refractivity (Wildman–Crippen MR) is 500 cm³/mol. The molecule has 4 rings (SSSR count). The SMILES string of the molecule is CC(C)C[C@H](NC(=O)[C@@H](N)CO)C(=O)N[C@@H](CO)C(=O)N[C@H](C(=O)N[C@@H](Cc1ccccc1)C(=O)N[C@@H](Cc1ccccc1)C(=O)N[C@@H](CCCNC(=N)N)C(=O)N[C@@H](CC(C)C)C(=O)N(C)[C@@H](Cc1ccccc1)C(=O)N[C@@H](CC(N)=O)C(=O)N[C@@H](CCCNC(=N)N)C(=O)N[C@@H](CO)C(=O)N[C@@H](Cc1ccccc1)C(=O)N[C@H](C(=O)N[C@@H](CCC(N)=O)C(=O)N[C@@H](C)C(=O)O)[C@@H](C)O)[C@@H](C)O. The van der Waals surface area contributed by atoms with E-state index in [1.54, 1.807) is 149 Å². The van der Waals surface area contributed by atoms with Gasteiger partial charge in [-0.15, -0.1) is 0 Å². The molecule has 0 aliphatic heterocycles. The predicted octanol–water partition coefficient (Wildman–Crippen LogP) is -8.50. The number of guanidine groups is 2. The van der Waals surface area contributed by atoms with Gasteiger partial charge in [0.05, 0.1) is 38.4 Å². The third-order valence-electron chi connectivity index (χ3n) is 21.4. The molecule has 0 aliphatic rings. The number of carboxylic acids is 1. The number of nitrogens with one attached hydrogen (secondary N) is 18. The van der Waals surface area contributed by atoms with E-state index in [9.17, 15) is 93.0 Å². The van der Waals surface area contributed by atoms with Gasteiger partial charge in [-0.25, -0.2) is 0 Å². The number of aliphatic hydroxyl groups excluding tert-OH is 5. The monoisotopic (exact) mass is 1940 g/mol. The van der Waals surface area contributed by atoms with Crippen LogP contribution < -0.4 is 114 Å². The molecule has 17 amide bonds. The van der Waals surface area contributed by atoms with Crippen LogP contribution in [-0.2, 0) is 112 Å². The molecule has 0 radical (unpaired) electrons. The number of rotatable bonds is 61. The van der Waals surface area contributed by atoms with E-state index in [2.05, 4.69) is 85.1 Å². The number of carboxylic acid groups (broad SMARTS) is 1. The van der Waals surface area contributed by atoms with Crippen molar-refractivity contribution in [1.82, 2.24) is 90.0 Å². The molecule has 138 heavy (non-hydrogen) atoms. The maximum Gasteiger partial charge on any atom is 0.325 e. The molecular weight excluding hydrogens is 1800 g/mol. The molecule has 0 saturated heterocycles. The molecule has 48 nitrogen and oxygen atoms in total. The first kappa shape index (κ1) is 116. The van der Waals surface area contributed by atoms with Gasteiger partial charge in [-0.05, 0) is 99.8 Å². The first-order valence-corrected chi connectivity index (χ1v) is 44.7. The molecule has 34 N–H and O–H groups in total. The molecule has 0 spiro atoms. The van der Waals surface area contributed by atoms with E-state index in [-0.39, 0.29) is 76.8 Å². The van der Waals surface area contributed by atoms with E-state index < -0.39 is 279 Å². The second-order valence-electron chi connectivity index (χ2n) is 34.0. The Labute approximate surface area is 797 Å². The molecule has 0 heterocycles. The van der Waals surface area contributed by atoms with Gasteiger partial charge in [0.25, 0.3) is 0 Å². The highest BCUT2D eigenvalue weighted by Crippen LogP contribution is 2.19. The van der Waals surface area contributed by atoms with Gasteiger partial charge in [0.1, 0.15) is 96.7 Å². The number of nitrogens with two attached hydrogens (primary N) is 5. The number of carbonyl (C=O) groups is 18. The summed E-state index contributed by atoms with van der Waals surface area (Å²) in [5.74, 6) is -21.8. The number of hydrogen-bond donors (Lipinski definition) is 29. The Morgan fingerprint density at radius 1 is 0.341 bits per heavy atom. The molecule has 4 aromatic rings. The largest absolute Gasteiger partial charge is 0.480 e. The van der Waals surface area contributed by atoms with Crippen molar-refractivity contribution in [3.8, 4) is 0 Å². The van der Waals surface area contributed by atoms with Crippen LogP contribution in [0, 0.1) is 22.7 Å². The fourth-order valence-electron chi connectivity index (χ4n) is 13.9. The van der Waals surface area contributed by atoms with Crippen molar-refractivity contribution in [2.24, 2.45) is 40.5 Å². The number of nitrogens with zero attached hydrogens (tertiary/aromatic N) is 1. The second-order valence-corrected chi connectivity index (χ2v) is 34.0. The average molecular weight is 1940 g/mol. The van der Waals surface area contributed by atoms with Crippen molar-refractivity contribution < 1.29 is 117 Å². The summed E-state index contributed by atoms with van der Waals surface area (Å²) in [6.45, 7) is 6.92. The van der Waals surface area contributed by atoms with E-state index in [4.69, 9.17) is 39.5 Å². The molecule has 48 heteroatoms. The maximum absolute atomic E-state index is 15.5. The van der Waals surface area contributed by atoms with Gasteiger partial charge in [0, 0.05) is 52.2 Å². The lowest BCUT2D eigenvalue weighted by Crippen LogP contribution is -2.63. The molecule has 758 valence electrons. The van der Waals surface area contributed by atoms with Gasteiger partial charge in [0.15, 0.2) is 11.9 Å². The normalized spacial score (nSPS) is 15.0. The van der Waals surface area contributed by atoms with Gasteiger partial charge in [-0.3, -0.25) is 97.1 Å². The second kappa shape index (κ2) is 59.5. The van der Waals surface area contributed by atoms with Crippen LogP contribution in [0.4, 0.5) is 0 Å². The summed E-state index contributed by atoms with van der Waals surface area (Å²) in [6.07, 6.45) is -7.71. The standard InChI is InChI=1S/C90H134N24O24/c1-47(2)37-60(104-73(122)56(91)44-115)77(126)111-67(46-117)83(132)113-72(51(7)119)86(135)108-62(40-53-25-15-10-16-26-53)79(128)105-61(39-52-23-13-9-14-24-52)78(127)101-57(31-21-35-98-89(94)95)75(124)109-65(38-48(3)4)87(136)114(8)68(42-55-29-19-12-20-30-55)84(133)107-64(43-70(93)121)80(129)102-58(32-22-36-99-90(96)97)76(125)110-66(45-116)82(131)106-63(41-54-27-17-11-18-28-54)81(130)112-71(50(6)118)85(134)103-59(33-34-69(92)120)74(123)100-49(5)88(137)138/h9-20,23-30,47-51,56-68,71-72,115-119H,21-22,31-46,91H2,1-8H3,(H2,92,120)(H2,93,121)(H,100,123)(H,101,127)(H,102,129)(H,103,134)(H,104,122)(H,105,128)(H,106,131)(H,107,133)(H,108,135)(H,109,124)(H,110,125)(H,111,126)(H,112,130)(H,113,132)(H,137,138)(H4,94,95,98)(H4,96,97,99)/t49-,50+,51+,56-,57-,58-,59-,60-,61-,62-,63-,64-,65-,66-,67-,68-,71-,72-/m0/s1. The van der Waals surface area contributed by atoms with Gasteiger partial charge in [-0.1, -0.05) is 149 Å². The summed E-state index contributed by atoms with van der Waals surface area (Å²) in [7, 11) is 1.20. The smallest absolute Gasteiger partial charge is 0.325 e. The van der Waals surface area contributed by atoms with Crippen molar-refractivity contribution in [2.45, 2.75) is 241 Å². The Kier molecular flexibility index (Phi) is 50.0. The van der Waals surface area contributed by atoms with Crippen molar-refractivity contribution in [1.29, 1.82) is 10.8 Å². The zero-order chi connectivity index (χ0) is 103. The van der Waals surface area contributed by atoms with E-state index in [0.717, 1.165) is 25.7 Å². The minimum absolute atomic E-state index is 0.00467. The van der Waals surface area contributed by atoms with Crippen molar-refractivity contribution in [3.63, 3.8) is 0 Å². The number of aliphatic carboxylic acids is 1. The topological polar surface area (TPSA) is 802 Å². The number of likely N-dealkylation sites (N-methyl/N-ethyl adjacent to an activating group) is 1. The molecule has 4 aromatic carbocycles. The zero-order valence-corrected chi connectivity index (χ0v) is 78.2. The number of benzene rings is 4. The number of amides is 17. The summed E-state index contributed by atoms with van der Waals surface area (Å²) in [4.78, 5) is 254. The molecule has 0 aromatic heterocycles. The lowest BCUT2D eigenvalue weighted by atomic mass is 9.98. The average Bonchev–Trinajstić information content (AvgIpc) is 0.818. The van der Waals surface area contributed by atoms with Crippen LogP contribution in [0.15, 0.2) is 121 Å². The highest BCUT2D eigenvalue weighted by atomic mass is 16.4. The maximum atomic E-state index is 15.5. The van der Waals surface area contributed by atoms with Gasteiger partial charge in [-0.2, -0.15) is 0 Å². The lowest BCUT2D eigenvalue weighted by molar-refractivity contribution is -0.143. The molecule has 0 aliphatic carbocycles. The van der Waals surface area contributed by atoms with Crippen LogP contribution in [0.25, 0.3) is 0 Å². The Hall–Kier alpha value is -14.4. The van der Waals surface area contributed by atoms with E-state index in [1.807, 2.05) is 0 Å². The summed E-state index contributed by atoms with van der Waals surface area (Å²) >= 11 is 0. The first-order valence-electron chi connectivity index (χ1n) is 44.7. The van der Waals surface area contributed by atoms with Crippen molar-refractivity contribution >= 4 is 118 Å². The van der Waals surface area contributed by atoms with Crippen LogP contribution in [0.5, 0.6) is 0 Å². The van der Waals surface area contributed by atoms with Gasteiger partial charge < -0.3 is 149 Å². The van der Waals surface area contributed by atoms with Gasteiger partial charge in [0.2, 0.25) is 100 Å². The molecule has 0 saturated carbocycles. The Bertz CT molecular complexity index is 4760. The quantitative estimate of drug-likeness (QED) is 0.0111. The van der Waals surface area contributed by atoms with Crippen LogP contribution in [0.1, 0.15) is 129 Å². The molecular formula is C90H134N24O24. The number of hydrogen-bond acceptors (Lipinski definition) is 26. The van der Waals surface area contributed by atoms with Crippen LogP contribution >= 0.6 is 0 Å². The number of primary amides is 2. The molecule has 0 bridgehead atoms. The summed E-state index contributed by atoms with van der Waals surface area (Å²) < 4.78 is 0. The number of carbonyl (C=O) groups excluding carboxylic acids is 17. The van der Waals surface area contributed by atoms with Gasteiger partial charge >= 0.3 is 5.97 Å². The number of aliphatic hydroxyl groups is 5. The highest BCUT2D eigenvalue weighted by molar-refractivity contribution is 6.02. The summed E-state index contributed by atoms with van der Waals surface area (Å²) in [5.41, 5.74) is 29.6. The lowest BCUT2D eigenvalue weighted by Gasteiger charge is -2.33. The minimum atomic E-state index is -2.00. The Morgan fingerprint density at radius 2 is 0.638 bits per heavy atom. The fraction of sp³-hybridized carbons (Fsp3) is 0.511. The summed E-state index contributed by atoms with van der Waals surface area (Å²) in [5, 5.41) is 117. The van der Waals surface area contributed by atoms with Crippen LogP contribution in [0.3, 0.4) is 0 Å². The minimum Gasteiger partial charge on any atom is -0.480 e. The third kappa shape index (κ3) is 41.5. The molecule has 0 unspecified atom stereocenters. The van der Waals surface area contributed by atoms with E-state index in [0.29, 0.717) is 22.3 Å². The van der Waals surface area contributed by atoms with Crippen molar-refractivity contribution in [2.75, 3.05) is 40.0 Å². The van der Waals surface area contributed by atoms with E-state index >= 15 is 24.0 Å². The Morgan fingerprint density at radius 3 is 1.00 bits per heavy atom. The summed E-state index contributed by atoms with van der Waals surface area (Å²) in [6, 6.07) is 5.05.